The summed E-state index contributed by atoms with van der Waals surface area (Å²) in [5.74, 6) is -4.08. The summed E-state index contributed by atoms with van der Waals surface area (Å²) in [4.78, 5) is 25.0. The third kappa shape index (κ3) is 6.36. The molecule has 0 aliphatic carbocycles. The van der Waals surface area contributed by atoms with Gasteiger partial charge in [-0.3, -0.25) is 9.59 Å². The first-order chi connectivity index (χ1) is 21.2. The second-order valence-electron chi connectivity index (χ2n) is 11.0. The first-order valence-corrected chi connectivity index (χ1v) is 14.3. The Kier molecular flexibility index (Phi) is 8.19. The van der Waals surface area contributed by atoms with Crippen LogP contribution in [0, 0.1) is 0 Å². The fourth-order valence-electron chi connectivity index (χ4n) is 5.26. The van der Waals surface area contributed by atoms with Crippen LogP contribution in [0.4, 0.5) is 8.78 Å². The molecule has 0 spiro atoms. The molecule has 12 heteroatoms. The number of carbonyl (C=O) groups is 2. The molecule has 44 heavy (non-hydrogen) atoms. The second-order valence-corrected chi connectivity index (χ2v) is 11.0. The van der Waals surface area contributed by atoms with E-state index < -0.39 is 24.0 Å². The molecule has 3 atom stereocenters. The number of carbonyl (C=O) groups excluding carboxylic acids is 2. The highest BCUT2D eigenvalue weighted by atomic mass is 19.3. The average Bonchev–Trinajstić information content (AvgIpc) is 3.69. The molecular weight excluding hydrogens is 574 g/mol. The van der Waals surface area contributed by atoms with Gasteiger partial charge < -0.3 is 29.6 Å². The predicted molar refractivity (Wildman–Crippen MR) is 156 cm³/mol. The van der Waals surface area contributed by atoms with Crippen LogP contribution in [0.2, 0.25) is 0 Å². The Morgan fingerprint density at radius 1 is 1.11 bits per heavy atom. The van der Waals surface area contributed by atoms with E-state index in [1.54, 1.807) is 60.3 Å². The molecule has 1 unspecified atom stereocenters. The van der Waals surface area contributed by atoms with Crippen molar-refractivity contribution in [3.05, 3.63) is 83.6 Å². The van der Waals surface area contributed by atoms with E-state index in [9.17, 15) is 18.4 Å². The summed E-state index contributed by atoms with van der Waals surface area (Å²) in [6.07, 6.45) is 1.63. The van der Waals surface area contributed by atoms with Crippen LogP contribution in [-0.4, -0.2) is 59.6 Å². The van der Waals surface area contributed by atoms with Crippen molar-refractivity contribution in [3.63, 3.8) is 0 Å². The minimum atomic E-state index is -3.55. The van der Waals surface area contributed by atoms with Gasteiger partial charge in [-0.1, -0.05) is 18.2 Å². The molecule has 2 aliphatic rings. The quantitative estimate of drug-likeness (QED) is 0.284. The SMILES string of the molecule is C[C@H](NC(=O)C(C)(F)F)[C@H](Oc1ccc2c(cnn2-c2cccc(C(=O)NC3CCOC3)c2)c1)c1ccc2c(c1)OCOC2. The number of hydrogen-bond acceptors (Lipinski definition) is 7. The predicted octanol–water partition coefficient (Wildman–Crippen LogP) is 4.69. The highest BCUT2D eigenvalue weighted by Crippen LogP contribution is 2.33. The lowest BCUT2D eigenvalue weighted by molar-refractivity contribution is -0.144. The van der Waals surface area contributed by atoms with E-state index in [1.165, 1.54) is 0 Å². The standard InChI is InChI=1S/C32H32F2N4O6/c1-19(36-31(40)32(2,33)34)29(20-6-7-22-16-42-18-43-28(22)14-20)44-26-8-9-27-23(13-26)15-35-38(27)25-5-3-4-21(12-25)30(39)37-24-10-11-41-17-24/h3-9,12-15,19,24,29H,10-11,16-18H2,1-2H3,(H,36,40)(H,37,39)/t19-,24?,29-/m0/s1. The largest absolute Gasteiger partial charge is 0.484 e. The molecule has 0 radical (unpaired) electrons. The van der Waals surface area contributed by atoms with Gasteiger partial charge in [0.15, 0.2) is 6.79 Å². The van der Waals surface area contributed by atoms with Crippen LogP contribution in [-0.2, 0) is 20.9 Å². The number of nitrogens with zero attached hydrogens (tertiary/aromatic N) is 2. The molecule has 3 aromatic carbocycles. The number of benzene rings is 3. The normalized spacial score (nSPS) is 17.8. The second kappa shape index (κ2) is 12.2. The maximum atomic E-state index is 13.7. The molecule has 230 valence electrons. The summed E-state index contributed by atoms with van der Waals surface area (Å²) < 4.78 is 51.9. The third-order valence-electron chi connectivity index (χ3n) is 7.61. The number of rotatable bonds is 9. The number of hydrogen-bond donors (Lipinski definition) is 2. The number of amides is 2. The minimum Gasteiger partial charge on any atom is -0.484 e. The molecule has 1 aromatic heterocycles. The van der Waals surface area contributed by atoms with Crippen molar-refractivity contribution in [2.45, 2.75) is 51.0 Å². The molecule has 0 saturated carbocycles. The molecule has 2 N–H and O–H groups in total. The van der Waals surface area contributed by atoms with Gasteiger partial charge in [0.05, 0.1) is 42.7 Å². The van der Waals surface area contributed by atoms with Gasteiger partial charge in [-0.25, -0.2) is 4.68 Å². The van der Waals surface area contributed by atoms with Gasteiger partial charge in [0.2, 0.25) is 0 Å². The number of aromatic nitrogens is 2. The smallest absolute Gasteiger partial charge is 0.321 e. The summed E-state index contributed by atoms with van der Waals surface area (Å²) in [6.45, 7) is 3.79. The van der Waals surface area contributed by atoms with Crippen molar-refractivity contribution in [1.82, 2.24) is 20.4 Å². The fourth-order valence-corrected chi connectivity index (χ4v) is 5.26. The molecule has 1 fully saturated rings. The molecule has 1 saturated heterocycles. The van der Waals surface area contributed by atoms with Crippen LogP contribution in [0.15, 0.2) is 66.9 Å². The van der Waals surface area contributed by atoms with Crippen molar-refractivity contribution in [2.24, 2.45) is 0 Å². The van der Waals surface area contributed by atoms with Crippen LogP contribution in [0.1, 0.15) is 47.9 Å². The van der Waals surface area contributed by atoms with E-state index in [-0.39, 0.29) is 18.7 Å². The summed E-state index contributed by atoms with van der Waals surface area (Å²) in [6, 6.07) is 17.1. The third-order valence-corrected chi connectivity index (χ3v) is 7.61. The van der Waals surface area contributed by atoms with Gasteiger partial charge in [-0.2, -0.15) is 13.9 Å². The number of nitrogens with one attached hydrogen (secondary N) is 2. The van der Waals surface area contributed by atoms with Crippen LogP contribution in [0.3, 0.4) is 0 Å². The Morgan fingerprint density at radius 2 is 1.98 bits per heavy atom. The Bertz CT molecular complexity index is 1680. The van der Waals surface area contributed by atoms with Crippen LogP contribution in [0.25, 0.3) is 16.6 Å². The van der Waals surface area contributed by atoms with Gasteiger partial charge in [-0.15, -0.1) is 0 Å². The number of fused-ring (bicyclic) bond motifs is 2. The average molecular weight is 607 g/mol. The Labute approximate surface area is 252 Å². The van der Waals surface area contributed by atoms with E-state index in [4.69, 9.17) is 18.9 Å². The van der Waals surface area contributed by atoms with Gasteiger partial charge in [-0.05, 0) is 61.4 Å². The van der Waals surface area contributed by atoms with Crippen molar-refractivity contribution in [3.8, 4) is 17.2 Å². The lowest BCUT2D eigenvalue weighted by Crippen LogP contribution is -2.46. The topological polar surface area (TPSA) is 113 Å². The molecule has 10 nitrogen and oxygen atoms in total. The maximum Gasteiger partial charge on any atom is 0.321 e. The zero-order valence-corrected chi connectivity index (χ0v) is 24.2. The Morgan fingerprint density at radius 3 is 2.77 bits per heavy atom. The van der Waals surface area contributed by atoms with Gasteiger partial charge in [0, 0.05) is 30.0 Å². The van der Waals surface area contributed by atoms with Gasteiger partial charge in [0.1, 0.15) is 17.6 Å². The van der Waals surface area contributed by atoms with E-state index in [0.717, 1.165) is 22.9 Å². The Balaban J connectivity index is 1.26. The Hall–Kier alpha value is -4.55. The summed E-state index contributed by atoms with van der Waals surface area (Å²) in [5, 5.41) is 10.7. The van der Waals surface area contributed by atoms with Crippen LogP contribution >= 0.6 is 0 Å². The van der Waals surface area contributed by atoms with Crippen molar-refractivity contribution >= 4 is 22.7 Å². The van der Waals surface area contributed by atoms with Crippen molar-refractivity contribution < 1.29 is 37.3 Å². The van der Waals surface area contributed by atoms with Crippen LogP contribution in [0.5, 0.6) is 11.5 Å². The number of halogens is 2. The summed E-state index contributed by atoms with van der Waals surface area (Å²) >= 11 is 0. The van der Waals surface area contributed by atoms with Crippen molar-refractivity contribution in [2.75, 3.05) is 20.0 Å². The molecule has 2 aliphatic heterocycles. The van der Waals surface area contributed by atoms with E-state index in [0.29, 0.717) is 55.1 Å². The molecular formula is C32H32F2N4O6. The van der Waals surface area contributed by atoms with Crippen LogP contribution < -0.4 is 20.1 Å². The number of alkyl halides is 2. The van der Waals surface area contributed by atoms with E-state index in [1.807, 2.05) is 18.2 Å². The number of ether oxygens (including phenoxy) is 4. The fraction of sp³-hybridized carbons (Fsp3) is 0.344. The highest BCUT2D eigenvalue weighted by molar-refractivity contribution is 5.95. The molecule has 4 aromatic rings. The van der Waals surface area contributed by atoms with Gasteiger partial charge in [0.25, 0.3) is 11.8 Å². The minimum absolute atomic E-state index is 0.00344. The molecule has 0 bridgehead atoms. The monoisotopic (exact) mass is 606 g/mol. The molecule has 2 amide bonds. The van der Waals surface area contributed by atoms with E-state index >= 15 is 0 Å². The lowest BCUT2D eigenvalue weighted by atomic mass is 10.00. The zero-order chi connectivity index (χ0) is 30.8. The van der Waals surface area contributed by atoms with Gasteiger partial charge >= 0.3 is 5.92 Å². The lowest BCUT2D eigenvalue weighted by Gasteiger charge is -2.28. The first-order valence-electron chi connectivity index (χ1n) is 14.3. The zero-order valence-electron chi connectivity index (χ0n) is 24.2. The van der Waals surface area contributed by atoms with E-state index in [2.05, 4.69) is 15.7 Å². The maximum absolute atomic E-state index is 13.7. The summed E-state index contributed by atoms with van der Waals surface area (Å²) in [7, 11) is 0. The van der Waals surface area contributed by atoms with Crippen molar-refractivity contribution in [1.29, 1.82) is 0 Å². The first kappa shape index (κ1) is 29.5. The summed E-state index contributed by atoms with van der Waals surface area (Å²) in [5.41, 5.74) is 3.46. The highest BCUT2D eigenvalue weighted by Gasteiger charge is 2.35. The molecule has 3 heterocycles. The molecule has 6 rings (SSSR count).